The Morgan fingerprint density at radius 1 is 1.60 bits per heavy atom. The maximum absolute atomic E-state index is 5.73. The third-order valence-corrected chi connectivity index (χ3v) is 3.72. The second-order valence-corrected chi connectivity index (χ2v) is 5.47. The van der Waals surface area contributed by atoms with Crippen LogP contribution in [-0.2, 0) is 6.42 Å². The van der Waals surface area contributed by atoms with Gasteiger partial charge < -0.3 is 10.2 Å². The van der Waals surface area contributed by atoms with Crippen molar-refractivity contribution in [2.45, 2.75) is 38.1 Å². The van der Waals surface area contributed by atoms with Gasteiger partial charge in [-0.1, -0.05) is 0 Å². The molecule has 2 heterocycles. The number of oxazole rings is 1. The Morgan fingerprint density at radius 2 is 2.33 bits per heavy atom. The molecule has 2 N–H and O–H groups in total. The van der Waals surface area contributed by atoms with Crippen LogP contribution in [0.1, 0.15) is 37.3 Å². The van der Waals surface area contributed by atoms with Crippen LogP contribution in [0.2, 0.25) is 0 Å². The van der Waals surface area contributed by atoms with Crippen molar-refractivity contribution in [3.8, 4) is 0 Å². The van der Waals surface area contributed by atoms with Crippen LogP contribution in [0, 0.1) is 0 Å². The van der Waals surface area contributed by atoms with Crippen molar-refractivity contribution in [3.05, 3.63) is 17.8 Å². The number of thioether (sulfide) groups is 1. The molecule has 1 fully saturated rings. The molecule has 0 radical (unpaired) electrons. The van der Waals surface area contributed by atoms with Crippen molar-refractivity contribution in [3.63, 3.8) is 0 Å². The maximum atomic E-state index is 5.73. The van der Waals surface area contributed by atoms with Crippen molar-refractivity contribution < 1.29 is 4.42 Å². The molecule has 3 nitrogen and oxygen atoms in total. The van der Waals surface area contributed by atoms with Crippen molar-refractivity contribution in [1.29, 1.82) is 0 Å². The Balaban J connectivity index is 1.99. The van der Waals surface area contributed by atoms with Crippen molar-refractivity contribution in [1.82, 2.24) is 4.98 Å². The van der Waals surface area contributed by atoms with Gasteiger partial charge in [0.25, 0.3) is 0 Å². The zero-order valence-corrected chi connectivity index (χ0v) is 9.93. The predicted molar refractivity (Wildman–Crippen MR) is 63.2 cm³/mol. The van der Waals surface area contributed by atoms with Gasteiger partial charge in [0.1, 0.15) is 6.26 Å². The first-order valence-corrected chi connectivity index (χ1v) is 6.69. The Morgan fingerprint density at radius 3 is 3.00 bits per heavy atom. The summed E-state index contributed by atoms with van der Waals surface area (Å²) in [5.41, 5.74) is 6.73. The Labute approximate surface area is 94.8 Å². The van der Waals surface area contributed by atoms with Crippen LogP contribution in [-0.4, -0.2) is 22.5 Å². The Hall–Kier alpha value is -0.480. The molecule has 1 aromatic heterocycles. The molecule has 1 unspecified atom stereocenters. The van der Waals surface area contributed by atoms with Gasteiger partial charge in [-0.3, -0.25) is 0 Å². The SMILES string of the molecule is CC(N)Cc1coc(C2CCSCC2)n1. The van der Waals surface area contributed by atoms with E-state index >= 15 is 0 Å². The normalized spacial score (nSPS) is 20.4. The summed E-state index contributed by atoms with van der Waals surface area (Å²) in [6.07, 6.45) is 4.97. The van der Waals surface area contributed by atoms with Gasteiger partial charge in [0.2, 0.25) is 0 Å². The first kappa shape index (κ1) is 11.0. The van der Waals surface area contributed by atoms with Gasteiger partial charge in [-0.05, 0) is 31.3 Å². The highest BCUT2D eigenvalue weighted by molar-refractivity contribution is 7.99. The monoisotopic (exact) mass is 226 g/mol. The minimum atomic E-state index is 0.157. The molecule has 0 aliphatic carbocycles. The minimum Gasteiger partial charge on any atom is -0.448 e. The van der Waals surface area contributed by atoms with E-state index in [9.17, 15) is 0 Å². The average Bonchev–Trinajstić information content (AvgIpc) is 2.67. The highest BCUT2D eigenvalue weighted by atomic mass is 32.2. The summed E-state index contributed by atoms with van der Waals surface area (Å²) in [4.78, 5) is 4.52. The molecule has 1 saturated heterocycles. The van der Waals surface area contributed by atoms with Gasteiger partial charge in [-0.2, -0.15) is 11.8 Å². The lowest BCUT2D eigenvalue weighted by molar-refractivity contribution is 0.430. The average molecular weight is 226 g/mol. The fourth-order valence-corrected chi connectivity index (χ4v) is 2.98. The van der Waals surface area contributed by atoms with Crippen LogP contribution in [0.3, 0.4) is 0 Å². The highest BCUT2D eigenvalue weighted by Gasteiger charge is 2.20. The van der Waals surface area contributed by atoms with E-state index in [0.717, 1.165) is 18.0 Å². The van der Waals surface area contributed by atoms with Crippen LogP contribution in [0.15, 0.2) is 10.7 Å². The second kappa shape index (κ2) is 5.03. The van der Waals surface area contributed by atoms with Gasteiger partial charge >= 0.3 is 0 Å². The van der Waals surface area contributed by atoms with Gasteiger partial charge in [-0.15, -0.1) is 0 Å². The number of hydrogen-bond acceptors (Lipinski definition) is 4. The predicted octanol–water partition coefficient (Wildman–Crippen LogP) is 2.17. The number of hydrogen-bond donors (Lipinski definition) is 1. The Bertz CT molecular complexity index is 305. The van der Waals surface area contributed by atoms with Crippen LogP contribution in [0.4, 0.5) is 0 Å². The molecule has 1 atom stereocenters. The molecule has 84 valence electrons. The van der Waals surface area contributed by atoms with E-state index in [4.69, 9.17) is 10.2 Å². The third kappa shape index (κ3) is 2.98. The lowest BCUT2D eigenvalue weighted by Gasteiger charge is -2.17. The molecule has 2 rings (SSSR count). The Kier molecular flexibility index (Phi) is 3.70. The topological polar surface area (TPSA) is 52.0 Å². The van der Waals surface area contributed by atoms with Crippen LogP contribution >= 0.6 is 11.8 Å². The molecule has 0 bridgehead atoms. The lowest BCUT2D eigenvalue weighted by Crippen LogP contribution is -2.18. The summed E-state index contributed by atoms with van der Waals surface area (Å²) in [6, 6.07) is 0.157. The molecule has 0 amide bonds. The zero-order valence-electron chi connectivity index (χ0n) is 9.11. The van der Waals surface area contributed by atoms with Crippen LogP contribution in [0.25, 0.3) is 0 Å². The standard InChI is InChI=1S/C11H18N2OS/c1-8(12)6-10-7-14-11(13-10)9-2-4-15-5-3-9/h7-9H,2-6,12H2,1H3. The van der Waals surface area contributed by atoms with Gasteiger partial charge in [0.15, 0.2) is 5.89 Å². The van der Waals surface area contributed by atoms with E-state index in [1.54, 1.807) is 6.26 Å². The van der Waals surface area contributed by atoms with Crippen LogP contribution < -0.4 is 5.73 Å². The second-order valence-electron chi connectivity index (χ2n) is 4.25. The maximum Gasteiger partial charge on any atom is 0.197 e. The van der Waals surface area contributed by atoms with E-state index in [1.807, 2.05) is 18.7 Å². The molecular weight excluding hydrogens is 208 g/mol. The molecule has 1 aliphatic heterocycles. The summed E-state index contributed by atoms with van der Waals surface area (Å²) in [6.45, 7) is 1.99. The number of nitrogens with two attached hydrogens (primary N) is 1. The fourth-order valence-electron chi connectivity index (χ4n) is 1.88. The molecular formula is C11H18N2OS. The summed E-state index contributed by atoms with van der Waals surface area (Å²) >= 11 is 2.02. The zero-order chi connectivity index (χ0) is 10.7. The molecule has 0 aromatic carbocycles. The van der Waals surface area contributed by atoms with Gasteiger partial charge in [0.05, 0.1) is 5.69 Å². The summed E-state index contributed by atoms with van der Waals surface area (Å²) in [5.74, 6) is 3.92. The first-order valence-electron chi connectivity index (χ1n) is 5.53. The number of nitrogens with zero attached hydrogens (tertiary/aromatic N) is 1. The molecule has 0 saturated carbocycles. The fraction of sp³-hybridized carbons (Fsp3) is 0.727. The van der Waals surface area contributed by atoms with Crippen molar-refractivity contribution >= 4 is 11.8 Å². The first-order chi connectivity index (χ1) is 7.25. The van der Waals surface area contributed by atoms with Gasteiger partial charge in [0, 0.05) is 18.4 Å². The van der Waals surface area contributed by atoms with Gasteiger partial charge in [-0.25, -0.2) is 4.98 Å². The minimum absolute atomic E-state index is 0.157. The third-order valence-electron chi connectivity index (χ3n) is 2.67. The smallest absolute Gasteiger partial charge is 0.197 e. The lowest BCUT2D eigenvalue weighted by atomic mass is 10.0. The molecule has 0 spiro atoms. The van der Waals surface area contributed by atoms with E-state index in [1.165, 1.54) is 24.3 Å². The summed E-state index contributed by atoms with van der Waals surface area (Å²) in [7, 11) is 0. The largest absolute Gasteiger partial charge is 0.448 e. The molecule has 4 heteroatoms. The quantitative estimate of drug-likeness (QED) is 0.858. The van der Waals surface area contributed by atoms with Crippen molar-refractivity contribution in [2.24, 2.45) is 5.73 Å². The highest BCUT2D eigenvalue weighted by Crippen LogP contribution is 2.30. The molecule has 1 aliphatic rings. The van der Waals surface area contributed by atoms with E-state index in [2.05, 4.69) is 4.98 Å². The van der Waals surface area contributed by atoms with E-state index in [-0.39, 0.29) is 6.04 Å². The van der Waals surface area contributed by atoms with Crippen LogP contribution in [0.5, 0.6) is 0 Å². The molecule has 1 aromatic rings. The van der Waals surface area contributed by atoms with E-state index in [0.29, 0.717) is 5.92 Å². The number of rotatable bonds is 3. The van der Waals surface area contributed by atoms with E-state index < -0.39 is 0 Å². The summed E-state index contributed by atoms with van der Waals surface area (Å²) < 4.78 is 5.53. The van der Waals surface area contributed by atoms with Crippen molar-refractivity contribution in [2.75, 3.05) is 11.5 Å². The summed E-state index contributed by atoms with van der Waals surface area (Å²) in [5, 5.41) is 0. The number of aromatic nitrogens is 1. The molecule has 15 heavy (non-hydrogen) atoms.